The van der Waals surface area contributed by atoms with Crippen LogP contribution in [0.2, 0.25) is 0 Å². The zero-order valence-corrected chi connectivity index (χ0v) is 13.5. The largest absolute Gasteiger partial charge is 0.494 e. The Morgan fingerprint density at radius 1 is 1.05 bits per heavy atom. The molecule has 22 heavy (non-hydrogen) atoms. The maximum atomic E-state index is 13.6. The Labute approximate surface area is 134 Å². The van der Waals surface area contributed by atoms with Crippen LogP contribution < -0.4 is 20.3 Å². The molecule has 0 unspecified atom stereocenters. The number of anilines is 3. The Morgan fingerprint density at radius 2 is 1.64 bits per heavy atom. The maximum Gasteiger partial charge on any atom is 0.175 e. The summed E-state index contributed by atoms with van der Waals surface area (Å²) < 4.78 is 18.5. The van der Waals surface area contributed by atoms with Gasteiger partial charge >= 0.3 is 0 Å². The van der Waals surface area contributed by atoms with E-state index in [4.69, 9.17) is 17.0 Å². The van der Waals surface area contributed by atoms with Crippen molar-refractivity contribution in [3.05, 3.63) is 48.3 Å². The Kier molecular flexibility index (Phi) is 5.16. The first kappa shape index (κ1) is 16.0. The van der Waals surface area contributed by atoms with E-state index in [-0.39, 0.29) is 5.75 Å². The molecule has 2 rings (SSSR count). The third kappa shape index (κ3) is 4.08. The summed E-state index contributed by atoms with van der Waals surface area (Å²) in [5, 5.41) is 6.38. The van der Waals surface area contributed by atoms with Gasteiger partial charge < -0.3 is 20.3 Å². The molecule has 0 aliphatic rings. The van der Waals surface area contributed by atoms with E-state index in [2.05, 4.69) is 10.6 Å². The molecule has 0 fully saturated rings. The molecule has 0 aliphatic heterocycles. The molecule has 0 heterocycles. The van der Waals surface area contributed by atoms with Crippen LogP contribution >= 0.6 is 12.2 Å². The molecular formula is C16H18FN3OS. The fourth-order valence-electron chi connectivity index (χ4n) is 1.88. The van der Waals surface area contributed by atoms with Gasteiger partial charge in [0.15, 0.2) is 16.7 Å². The van der Waals surface area contributed by atoms with Gasteiger partial charge in [-0.05, 0) is 48.6 Å². The number of nitrogens with zero attached hydrogens (tertiary/aromatic N) is 1. The third-order valence-electron chi connectivity index (χ3n) is 3.05. The van der Waals surface area contributed by atoms with Crippen LogP contribution in [-0.4, -0.2) is 26.3 Å². The van der Waals surface area contributed by atoms with E-state index in [1.54, 1.807) is 12.1 Å². The van der Waals surface area contributed by atoms with E-state index >= 15 is 0 Å². The minimum absolute atomic E-state index is 0.198. The molecule has 2 N–H and O–H groups in total. The van der Waals surface area contributed by atoms with Crippen LogP contribution in [0.5, 0.6) is 5.75 Å². The van der Waals surface area contributed by atoms with E-state index in [1.807, 2.05) is 43.3 Å². The molecule has 0 radical (unpaired) electrons. The minimum Gasteiger partial charge on any atom is -0.494 e. The molecule has 0 amide bonds. The average molecular weight is 319 g/mol. The highest BCUT2D eigenvalue weighted by Gasteiger charge is 2.05. The highest BCUT2D eigenvalue weighted by molar-refractivity contribution is 7.80. The van der Waals surface area contributed by atoms with Gasteiger partial charge in [-0.3, -0.25) is 0 Å². The first-order valence-corrected chi connectivity index (χ1v) is 7.09. The van der Waals surface area contributed by atoms with Gasteiger partial charge in [0.1, 0.15) is 0 Å². The lowest BCUT2D eigenvalue weighted by Gasteiger charge is -2.14. The summed E-state index contributed by atoms with van der Waals surface area (Å²) in [5.41, 5.74) is 2.51. The highest BCUT2D eigenvalue weighted by Crippen LogP contribution is 2.21. The summed E-state index contributed by atoms with van der Waals surface area (Å²) in [7, 11) is 5.38. The van der Waals surface area contributed by atoms with Crippen molar-refractivity contribution in [1.29, 1.82) is 0 Å². The second-order valence-corrected chi connectivity index (χ2v) is 5.28. The van der Waals surface area contributed by atoms with Crippen molar-refractivity contribution in [3.63, 3.8) is 0 Å². The predicted molar refractivity (Wildman–Crippen MR) is 93.6 cm³/mol. The topological polar surface area (TPSA) is 36.5 Å². The fourth-order valence-corrected chi connectivity index (χ4v) is 2.12. The number of hydrogen-bond acceptors (Lipinski definition) is 3. The first-order valence-electron chi connectivity index (χ1n) is 6.68. The van der Waals surface area contributed by atoms with Crippen LogP contribution in [0.3, 0.4) is 0 Å². The number of thiocarbonyl (C=S) groups is 1. The minimum atomic E-state index is -0.439. The van der Waals surface area contributed by atoms with Crippen LogP contribution in [0.1, 0.15) is 0 Å². The van der Waals surface area contributed by atoms with Crippen molar-refractivity contribution < 1.29 is 9.13 Å². The van der Waals surface area contributed by atoms with E-state index in [0.717, 1.165) is 11.4 Å². The number of methoxy groups -OCH3 is 1. The quantitative estimate of drug-likeness (QED) is 0.840. The Bertz CT molecular complexity index is 659. The standard InChI is InChI=1S/C16H18FN3OS/c1-20(2)13-7-4-11(5-8-13)18-16(22)19-12-6-9-15(21-3)14(17)10-12/h4-10H,1-3H3,(H2,18,19,22). The Balaban J connectivity index is 1.99. The van der Waals surface area contributed by atoms with Gasteiger partial charge in [-0.25, -0.2) is 4.39 Å². The molecule has 6 heteroatoms. The van der Waals surface area contributed by atoms with E-state index < -0.39 is 5.82 Å². The molecule has 0 spiro atoms. The summed E-state index contributed by atoms with van der Waals surface area (Å²) >= 11 is 5.22. The molecule has 0 bridgehead atoms. The zero-order chi connectivity index (χ0) is 16.1. The number of halogens is 1. The van der Waals surface area contributed by atoms with Gasteiger partial charge in [0, 0.05) is 37.2 Å². The van der Waals surface area contributed by atoms with Crippen LogP contribution in [0.4, 0.5) is 21.5 Å². The molecule has 0 saturated heterocycles. The molecule has 116 valence electrons. The molecule has 2 aromatic rings. The number of rotatable bonds is 4. The van der Waals surface area contributed by atoms with Crippen molar-refractivity contribution in [2.24, 2.45) is 0 Å². The lowest BCUT2D eigenvalue weighted by atomic mass is 10.2. The van der Waals surface area contributed by atoms with Gasteiger partial charge in [0.2, 0.25) is 0 Å². The highest BCUT2D eigenvalue weighted by atomic mass is 32.1. The monoisotopic (exact) mass is 319 g/mol. The maximum absolute atomic E-state index is 13.6. The normalized spacial score (nSPS) is 10.0. The van der Waals surface area contributed by atoms with Crippen LogP contribution in [-0.2, 0) is 0 Å². The van der Waals surface area contributed by atoms with Crippen molar-refractivity contribution >= 4 is 34.4 Å². The lowest BCUT2D eigenvalue weighted by Crippen LogP contribution is -2.19. The molecule has 0 aromatic heterocycles. The van der Waals surface area contributed by atoms with E-state index in [9.17, 15) is 4.39 Å². The van der Waals surface area contributed by atoms with Crippen molar-refractivity contribution in [1.82, 2.24) is 0 Å². The molecular weight excluding hydrogens is 301 g/mol. The molecule has 0 atom stereocenters. The summed E-state index contributed by atoms with van der Waals surface area (Å²) in [6.45, 7) is 0. The SMILES string of the molecule is COc1ccc(NC(=S)Nc2ccc(N(C)C)cc2)cc1F. The van der Waals surface area contributed by atoms with Crippen LogP contribution in [0.15, 0.2) is 42.5 Å². The zero-order valence-electron chi connectivity index (χ0n) is 12.7. The molecule has 2 aromatic carbocycles. The number of ether oxygens (including phenoxy) is 1. The van der Waals surface area contributed by atoms with E-state index in [0.29, 0.717) is 10.8 Å². The number of hydrogen-bond donors (Lipinski definition) is 2. The van der Waals surface area contributed by atoms with Gasteiger partial charge in [-0.2, -0.15) is 0 Å². The lowest BCUT2D eigenvalue weighted by molar-refractivity contribution is 0.387. The van der Waals surface area contributed by atoms with Crippen molar-refractivity contribution in [2.75, 3.05) is 36.7 Å². The van der Waals surface area contributed by atoms with Crippen molar-refractivity contribution in [3.8, 4) is 5.75 Å². The number of benzene rings is 2. The van der Waals surface area contributed by atoms with E-state index in [1.165, 1.54) is 13.2 Å². The summed E-state index contributed by atoms with van der Waals surface area (Å²) in [4.78, 5) is 2.01. The first-order chi connectivity index (χ1) is 10.5. The molecule has 0 aliphatic carbocycles. The second kappa shape index (κ2) is 7.09. The van der Waals surface area contributed by atoms with Gasteiger partial charge in [0.05, 0.1) is 7.11 Å². The van der Waals surface area contributed by atoms with Gasteiger partial charge in [-0.1, -0.05) is 0 Å². The van der Waals surface area contributed by atoms with Crippen LogP contribution in [0, 0.1) is 5.82 Å². The fraction of sp³-hybridized carbons (Fsp3) is 0.188. The summed E-state index contributed by atoms with van der Waals surface area (Å²) in [5.74, 6) is -0.241. The number of nitrogens with one attached hydrogen (secondary N) is 2. The Morgan fingerprint density at radius 3 is 2.18 bits per heavy atom. The summed E-state index contributed by atoms with van der Waals surface area (Å²) in [6, 6.07) is 12.4. The second-order valence-electron chi connectivity index (χ2n) is 4.87. The average Bonchev–Trinajstić information content (AvgIpc) is 2.48. The Hall–Kier alpha value is -2.34. The third-order valence-corrected chi connectivity index (χ3v) is 3.26. The van der Waals surface area contributed by atoms with Crippen molar-refractivity contribution in [2.45, 2.75) is 0 Å². The van der Waals surface area contributed by atoms with Gasteiger partial charge in [0.25, 0.3) is 0 Å². The molecule has 4 nitrogen and oxygen atoms in total. The smallest absolute Gasteiger partial charge is 0.175 e. The molecule has 0 saturated carbocycles. The predicted octanol–water partition coefficient (Wildman–Crippen LogP) is 3.71. The summed E-state index contributed by atoms with van der Waals surface area (Å²) in [6.07, 6.45) is 0. The van der Waals surface area contributed by atoms with Gasteiger partial charge in [-0.15, -0.1) is 0 Å². The van der Waals surface area contributed by atoms with Crippen LogP contribution in [0.25, 0.3) is 0 Å².